The first-order valence-corrected chi connectivity index (χ1v) is 8.75. The lowest BCUT2D eigenvalue weighted by Crippen LogP contribution is -2.19. The molecule has 0 amide bonds. The third-order valence-electron chi connectivity index (χ3n) is 3.85. The Hall–Kier alpha value is -1.46. The Morgan fingerprint density at radius 3 is 3.10 bits per heavy atom. The molecule has 1 aromatic heterocycles. The molecule has 4 rings (SSSR count). The number of rotatable bonds is 3. The van der Waals surface area contributed by atoms with Gasteiger partial charge in [0.25, 0.3) is 0 Å². The van der Waals surface area contributed by atoms with Gasteiger partial charge in [-0.2, -0.15) is 0 Å². The molecule has 2 aliphatic heterocycles. The maximum Gasteiger partial charge on any atom is 0.168 e. The number of amidine groups is 1. The molecule has 0 fully saturated rings. The van der Waals surface area contributed by atoms with Gasteiger partial charge in [0.2, 0.25) is 0 Å². The van der Waals surface area contributed by atoms with E-state index in [9.17, 15) is 0 Å². The molecule has 0 bridgehead atoms. The second-order valence-corrected chi connectivity index (χ2v) is 7.17. The summed E-state index contributed by atoms with van der Waals surface area (Å²) in [5.41, 5.74) is 1.36. The molecule has 0 saturated heterocycles. The summed E-state index contributed by atoms with van der Waals surface area (Å²) < 4.78 is 6.77. The van der Waals surface area contributed by atoms with E-state index in [1.165, 1.54) is 30.7 Å². The van der Waals surface area contributed by atoms with Crippen LogP contribution in [0.4, 0.5) is 0 Å². The minimum atomic E-state index is 0.914. The summed E-state index contributed by atoms with van der Waals surface area (Å²) in [7, 11) is 1.74. The molecule has 2 aliphatic rings. The van der Waals surface area contributed by atoms with Crippen molar-refractivity contribution in [3.63, 3.8) is 0 Å². The Morgan fingerprint density at radius 2 is 2.29 bits per heavy atom. The summed E-state index contributed by atoms with van der Waals surface area (Å²) in [6.45, 7) is 4.14. The number of hydrogen-bond donors (Lipinski definition) is 0. The van der Waals surface area contributed by atoms with Crippen LogP contribution in [0.15, 0.2) is 34.2 Å². The second-order valence-electron chi connectivity index (χ2n) is 5.03. The first kappa shape index (κ1) is 13.2. The highest BCUT2D eigenvalue weighted by atomic mass is 32.2. The molecule has 0 unspecified atom stereocenters. The number of aliphatic imine (C=N–C) groups is 1. The van der Waals surface area contributed by atoms with Crippen LogP contribution in [-0.4, -0.2) is 30.3 Å². The Balaban J connectivity index is 1.87. The normalized spacial score (nSPS) is 17.6. The van der Waals surface area contributed by atoms with Gasteiger partial charge in [0.1, 0.15) is 5.75 Å². The highest BCUT2D eigenvalue weighted by Crippen LogP contribution is 2.46. The van der Waals surface area contributed by atoms with Crippen LogP contribution in [0.3, 0.4) is 0 Å². The smallest absolute Gasteiger partial charge is 0.168 e. The average Bonchev–Trinajstić information content (AvgIpc) is 3.18. The predicted octanol–water partition coefficient (Wildman–Crippen LogP) is 4.41. The summed E-state index contributed by atoms with van der Waals surface area (Å²) in [6, 6.07) is 8.52. The molecule has 3 heterocycles. The summed E-state index contributed by atoms with van der Waals surface area (Å²) in [4.78, 5) is 9.73. The van der Waals surface area contributed by atoms with Crippen LogP contribution in [0.2, 0.25) is 0 Å². The van der Waals surface area contributed by atoms with E-state index in [0.717, 1.165) is 25.3 Å². The van der Waals surface area contributed by atoms with Crippen molar-refractivity contribution in [1.29, 1.82) is 0 Å². The SMILES string of the molecule is CCC1=C(c2cc3c(OC)cccc3s2)N2CCN=C2S1. The highest BCUT2D eigenvalue weighted by molar-refractivity contribution is 8.17. The number of hydrogen-bond acceptors (Lipinski definition) is 5. The first-order valence-electron chi connectivity index (χ1n) is 7.11. The number of nitrogens with zero attached hydrogens (tertiary/aromatic N) is 2. The van der Waals surface area contributed by atoms with Gasteiger partial charge in [-0.3, -0.25) is 4.99 Å². The van der Waals surface area contributed by atoms with Crippen LogP contribution in [0.1, 0.15) is 18.2 Å². The maximum absolute atomic E-state index is 5.49. The van der Waals surface area contributed by atoms with Gasteiger partial charge < -0.3 is 9.64 Å². The van der Waals surface area contributed by atoms with E-state index in [1.54, 1.807) is 7.11 Å². The molecule has 0 spiro atoms. The van der Waals surface area contributed by atoms with Gasteiger partial charge in [0, 0.05) is 21.5 Å². The van der Waals surface area contributed by atoms with Crippen LogP contribution in [-0.2, 0) is 0 Å². The van der Waals surface area contributed by atoms with E-state index in [4.69, 9.17) is 4.74 Å². The van der Waals surface area contributed by atoms with Crippen LogP contribution in [0.5, 0.6) is 5.75 Å². The van der Waals surface area contributed by atoms with E-state index in [2.05, 4.69) is 35.0 Å². The number of allylic oxidation sites excluding steroid dienone is 1. The fraction of sp³-hybridized carbons (Fsp3) is 0.312. The van der Waals surface area contributed by atoms with Gasteiger partial charge in [0.15, 0.2) is 5.17 Å². The fourth-order valence-electron chi connectivity index (χ4n) is 2.87. The van der Waals surface area contributed by atoms with Crippen molar-refractivity contribution in [2.24, 2.45) is 4.99 Å². The molecule has 0 aliphatic carbocycles. The zero-order chi connectivity index (χ0) is 14.4. The molecule has 0 radical (unpaired) electrons. The summed E-state index contributed by atoms with van der Waals surface area (Å²) >= 11 is 3.68. The van der Waals surface area contributed by atoms with E-state index in [0.29, 0.717) is 0 Å². The minimum Gasteiger partial charge on any atom is -0.496 e. The van der Waals surface area contributed by atoms with E-state index in [1.807, 2.05) is 29.2 Å². The molecule has 0 saturated carbocycles. The molecule has 108 valence electrons. The number of benzene rings is 1. The van der Waals surface area contributed by atoms with Crippen molar-refractivity contribution in [3.05, 3.63) is 34.0 Å². The van der Waals surface area contributed by atoms with Crippen molar-refractivity contribution in [3.8, 4) is 5.75 Å². The molecule has 5 heteroatoms. The standard InChI is InChI=1S/C16H16N2OS2/c1-3-12-15(18-8-7-17-16(18)21-12)14-9-10-11(19-2)5-4-6-13(10)20-14/h4-6,9H,3,7-8H2,1-2H3. The van der Waals surface area contributed by atoms with Gasteiger partial charge in [-0.1, -0.05) is 24.8 Å². The number of ether oxygens (including phenoxy) is 1. The summed E-state index contributed by atoms with van der Waals surface area (Å²) in [5.74, 6) is 0.953. The zero-order valence-corrected chi connectivity index (χ0v) is 13.7. The topological polar surface area (TPSA) is 24.8 Å². The molecule has 2 aromatic rings. The van der Waals surface area contributed by atoms with Gasteiger partial charge in [0.05, 0.1) is 24.2 Å². The van der Waals surface area contributed by atoms with Crippen molar-refractivity contribution in [1.82, 2.24) is 4.90 Å². The first-order chi connectivity index (χ1) is 10.3. The number of thiophene rings is 1. The lowest BCUT2D eigenvalue weighted by Gasteiger charge is -2.15. The quantitative estimate of drug-likeness (QED) is 0.838. The number of fused-ring (bicyclic) bond motifs is 2. The molecule has 0 N–H and O–H groups in total. The molecule has 3 nitrogen and oxygen atoms in total. The van der Waals surface area contributed by atoms with Crippen molar-refractivity contribution in [2.75, 3.05) is 20.2 Å². The lowest BCUT2D eigenvalue weighted by atomic mass is 10.2. The van der Waals surface area contributed by atoms with E-state index in [-0.39, 0.29) is 0 Å². The third-order valence-corrected chi connectivity index (χ3v) is 6.21. The summed E-state index contributed by atoms with van der Waals surface area (Å²) in [6.07, 6.45) is 1.06. The van der Waals surface area contributed by atoms with Crippen LogP contribution in [0.25, 0.3) is 15.8 Å². The van der Waals surface area contributed by atoms with Crippen molar-refractivity contribution in [2.45, 2.75) is 13.3 Å². The molecule has 21 heavy (non-hydrogen) atoms. The van der Waals surface area contributed by atoms with Gasteiger partial charge in [-0.05, 0) is 24.6 Å². The zero-order valence-electron chi connectivity index (χ0n) is 12.0. The van der Waals surface area contributed by atoms with Crippen LogP contribution >= 0.6 is 23.1 Å². The minimum absolute atomic E-state index is 0.914. The molecule has 1 aromatic carbocycles. The van der Waals surface area contributed by atoms with Gasteiger partial charge in [-0.15, -0.1) is 11.3 Å². The molecular weight excluding hydrogens is 300 g/mol. The largest absolute Gasteiger partial charge is 0.496 e. The second kappa shape index (κ2) is 5.07. The molecular formula is C16H16N2OS2. The monoisotopic (exact) mass is 316 g/mol. The highest BCUT2D eigenvalue weighted by Gasteiger charge is 2.33. The predicted molar refractivity (Wildman–Crippen MR) is 92.2 cm³/mol. The number of methoxy groups -OCH3 is 1. The average molecular weight is 316 g/mol. The van der Waals surface area contributed by atoms with Crippen LogP contribution in [0, 0.1) is 0 Å². The number of thioether (sulfide) groups is 1. The van der Waals surface area contributed by atoms with Gasteiger partial charge in [-0.25, -0.2) is 0 Å². The Morgan fingerprint density at radius 1 is 1.38 bits per heavy atom. The van der Waals surface area contributed by atoms with E-state index >= 15 is 0 Å². The van der Waals surface area contributed by atoms with Crippen LogP contribution < -0.4 is 4.74 Å². The fourth-order valence-corrected chi connectivity index (χ4v) is 5.22. The maximum atomic E-state index is 5.49. The van der Waals surface area contributed by atoms with E-state index < -0.39 is 0 Å². The van der Waals surface area contributed by atoms with Gasteiger partial charge >= 0.3 is 0 Å². The lowest BCUT2D eigenvalue weighted by molar-refractivity contribution is 0.420. The van der Waals surface area contributed by atoms with Crippen molar-refractivity contribution < 1.29 is 4.74 Å². The third kappa shape index (κ3) is 1.99. The summed E-state index contributed by atoms with van der Waals surface area (Å²) in [5, 5.41) is 2.38. The Kier molecular flexibility index (Phi) is 3.19. The molecule has 0 atom stereocenters. The Labute approximate surface area is 132 Å². The Bertz CT molecular complexity index is 776. The van der Waals surface area contributed by atoms with Crippen molar-refractivity contribution >= 4 is 44.0 Å².